The van der Waals surface area contributed by atoms with Gasteiger partial charge in [0.05, 0.1) is 11.2 Å². The number of amides is 1. The number of hydrogen-bond acceptors (Lipinski definition) is 4. The van der Waals surface area contributed by atoms with Crippen molar-refractivity contribution in [2.75, 3.05) is 6.54 Å². The highest BCUT2D eigenvalue weighted by Crippen LogP contribution is 2.18. The molecule has 0 saturated heterocycles. The molecule has 0 radical (unpaired) electrons. The summed E-state index contributed by atoms with van der Waals surface area (Å²) in [5.74, 6) is -0.0870. The van der Waals surface area contributed by atoms with Gasteiger partial charge in [-0.05, 0) is 11.6 Å². The largest absolute Gasteiger partial charge is 0.347 e. The summed E-state index contributed by atoms with van der Waals surface area (Å²) in [6.07, 6.45) is 2.85. The number of carbonyl (C=O) groups excluding carboxylic acids is 1. The first-order valence-corrected chi connectivity index (χ1v) is 8.08. The van der Waals surface area contributed by atoms with E-state index in [-0.39, 0.29) is 5.91 Å². The minimum atomic E-state index is -0.0870. The molecule has 3 heterocycles. The van der Waals surface area contributed by atoms with Crippen molar-refractivity contribution in [3.05, 3.63) is 46.9 Å². The zero-order valence-corrected chi connectivity index (χ0v) is 13.8. The summed E-state index contributed by atoms with van der Waals surface area (Å²) < 4.78 is 3.48. The van der Waals surface area contributed by atoms with Crippen LogP contribution < -0.4 is 10.6 Å². The van der Waals surface area contributed by atoms with Crippen LogP contribution in [0.15, 0.2) is 24.4 Å². The Morgan fingerprint density at radius 2 is 2.21 bits per heavy atom. The van der Waals surface area contributed by atoms with E-state index in [1.807, 2.05) is 38.5 Å². The van der Waals surface area contributed by atoms with E-state index in [0.717, 1.165) is 40.7 Å². The normalized spacial score (nSPS) is 13.9. The molecule has 0 unspecified atom stereocenters. The van der Waals surface area contributed by atoms with Crippen molar-refractivity contribution in [2.24, 2.45) is 14.1 Å². The number of rotatable bonds is 3. The maximum absolute atomic E-state index is 12.6. The number of hydrogen-bond donors (Lipinski definition) is 2. The van der Waals surface area contributed by atoms with Gasteiger partial charge >= 0.3 is 0 Å². The van der Waals surface area contributed by atoms with Crippen LogP contribution in [0.3, 0.4) is 0 Å². The quantitative estimate of drug-likeness (QED) is 0.750. The van der Waals surface area contributed by atoms with Crippen LogP contribution in [-0.2, 0) is 33.6 Å². The topological polar surface area (TPSA) is 76.8 Å². The number of nitrogens with zero attached hydrogens (tertiary/aromatic N) is 4. The average Bonchev–Trinajstić information content (AvgIpc) is 3.09. The predicted molar refractivity (Wildman–Crippen MR) is 90.5 cm³/mol. The third kappa shape index (κ3) is 2.56. The van der Waals surface area contributed by atoms with Crippen LogP contribution >= 0.6 is 0 Å². The molecule has 0 bridgehead atoms. The summed E-state index contributed by atoms with van der Waals surface area (Å²) in [6, 6.07) is 6.06. The van der Waals surface area contributed by atoms with Gasteiger partial charge in [0.1, 0.15) is 5.69 Å². The van der Waals surface area contributed by atoms with Crippen molar-refractivity contribution < 1.29 is 4.79 Å². The summed E-state index contributed by atoms with van der Waals surface area (Å²) in [6.45, 7) is 2.08. The Bertz CT molecular complexity index is 923. The van der Waals surface area contributed by atoms with Crippen molar-refractivity contribution in [3.8, 4) is 0 Å². The molecule has 2 N–H and O–H groups in total. The molecule has 7 heteroatoms. The van der Waals surface area contributed by atoms with E-state index in [1.165, 1.54) is 0 Å². The van der Waals surface area contributed by atoms with Gasteiger partial charge in [-0.3, -0.25) is 14.2 Å². The SMILES string of the molecule is Cn1cc2ccc(CNC(=O)c3c4c(nn3C)CCNC4)cc2n1. The third-order valence-electron chi connectivity index (χ3n) is 4.42. The fraction of sp³-hybridized carbons (Fsp3) is 0.353. The van der Waals surface area contributed by atoms with E-state index < -0.39 is 0 Å². The molecule has 1 aromatic carbocycles. The van der Waals surface area contributed by atoms with E-state index in [1.54, 1.807) is 9.36 Å². The first kappa shape index (κ1) is 14.9. The predicted octanol–water partition coefficient (Wildman–Crippen LogP) is 0.882. The van der Waals surface area contributed by atoms with E-state index in [9.17, 15) is 4.79 Å². The highest BCUT2D eigenvalue weighted by Gasteiger charge is 2.23. The molecule has 7 nitrogen and oxygen atoms in total. The first-order valence-electron chi connectivity index (χ1n) is 8.08. The van der Waals surface area contributed by atoms with Crippen molar-refractivity contribution in [3.63, 3.8) is 0 Å². The molecule has 124 valence electrons. The lowest BCUT2D eigenvalue weighted by molar-refractivity contribution is 0.0940. The van der Waals surface area contributed by atoms with Crippen LogP contribution in [0, 0.1) is 0 Å². The van der Waals surface area contributed by atoms with Crippen LogP contribution in [0.1, 0.15) is 27.3 Å². The van der Waals surface area contributed by atoms with Crippen molar-refractivity contribution in [1.29, 1.82) is 0 Å². The molecular formula is C17H20N6O. The summed E-state index contributed by atoms with van der Waals surface area (Å²) in [4.78, 5) is 12.6. The fourth-order valence-corrected chi connectivity index (χ4v) is 3.28. The molecule has 4 rings (SSSR count). The number of benzene rings is 1. The third-order valence-corrected chi connectivity index (χ3v) is 4.42. The van der Waals surface area contributed by atoms with E-state index in [4.69, 9.17) is 0 Å². The number of fused-ring (bicyclic) bond motifs is 2. The van der Waals surface area contributed by atoms with Crippen molar-refractivity contribution in [1.82, 2.24) is 30.2 Å². The molecule has 1 aliphatic rings. The summed E-state index contributed by atoms with van der Waals surface area (Å²) >= 11 is 0. The minimum absolute atomic E-state index is 0.0870. The molecule has 1 aliphatic heterocycles. The maximum Gasteiger partial charge on any atom is 0.270 e. The molecule has 0 fully saturated rings. The number of aromatic nitrogens is 4. The highest BCUT2D eigenvalue weighted by molar-refractivity contribution is 5.94. The summed E-state index contributed by atoms with van der Waals surface area (Å²) in [7, 11) is 3.73. The second-order valence-corrected chi connectivity index (χ2v) is 6.20. The van der Waals surface area contributed by atoms with Crippen LogP contribution in [0.2, 0.25) is 0 Å². The maximum atomic E-state index is 12.6. The zero-order valence-electron chi connectivity index (χ0n) is 13.8. The van der Waals surface area contributed by atoms with Gasteiger partial charge in [0.15, 0.2) is 0 Å². The lowest BCUT2D eigenvalue weighted by atomic mass is 10.1. The number of carbonyl (C=O) groups is 1. The molecular weight excluding hydrogens is 304 g/mol. The van der Waals surface area contributed by atoms with Gasteiger partial charge in [-0.2, -0.15) is 10.2 Å². The highest BCUT2D eigenvalue weighted by atomic mass is 16.2. The molecule has 0 spiro atoms. The summed E-state index contributed by atoms with van der Waals surface area (Å²) in [5.41, 5.74) is 4.66. The Kier molecular flexibility index (Phi) is 3.57. The molecule has 0 atom stereocenters. The number of aryl methyl sites for hydroxylation is 2. The lowest BCUT2D eigenvalue weighted by Gasteiger charge is -2.13. The van der Waals surface area contributed by atoms with Crippen LogP contribution in [0.25, 0.3) is 10.9 Å². The molecule has 0 saturated carbocycles. The van der Waals surface area contributed by atoms with E-state index >= 15 is 0 Å². The van der Waals surface area contributed by atoms with Crippen molar-refractivity contribution >= 4 is 16.8 Å². The molecule has 24 heavy (non-hydrogen) atoms. The van der Waals surface area contributed by atoms with Gasteiger partial charge in [0.25, 0.3) is 5.91 Å². The van der Waals surface area contributed by atoms with Gasteiger partial charge in [-0.25, -0.2) is 0 Å². The zero-order chi connectivity index (χ0) is 16.7. The van der Waals surface area contributed by atoms with E-state index in [0.29, 0.717) is 18.8 Å². The standard InChI is InChI=1S/C17H20N6O/c1-22-10-12-4-3-11(7-15(12)20-22)8-19-17(24)16-13-9-18-6-5-14(13)21-23(16)2/h3-4,7,10,18H,5-6,8-9H2,1-2H3,(H,19,24). The monoisotopic (exact) mass is 324 g/mol. The molecule has 2 aromatic heterocycles. The Hall–Kier alpha value is -2.67. The van der Waals surface area contributed by atoms with Gasteiger partial charge in [0.2, 0.25) is 0 Å². The van der Waals surface area contributed by atoms with Crippen LogP contribution in [-0.4, -0.2) is 32.0 Å². The Balaban J connectivity index is 1.52. The van der Waals surface area contributed by atoms with Crippen LogP contribution in [0.5, 0.6) is 0 Å². The van der Waals surface area contributed by atoms with Crippen LogP contribution in [0.4, 0.5) is 0 Å². The smallest absolute Gasteiger partial charge is 0.270 e. The second kappa shape index (κ2) is 5.76. The summed E-state index contributed by atoms with van der Waals surface area (Å²) in [5, 5.41) is 16.3. The Morgan fingerprint density at radius 1 is 1.33 bits per heavy atom. The lowest BCUT2D eigenvalue weighted by Crippen LogP contribution is -2.29. The van der Waals surface area contributed by atoms with Gasteiger partial charge in [0, 0.05) is 57.3 Å². The van der Waals surface area contributed by atoms with Gasteiger partial charge in [-0.15, -0.1) is 0 Å². The molecule has 3 aromatic rings. The number of nitrogens with one attached hydrogen (secondary N) is 2. The van der Waals surface area contributed by atoms with Gasteiger partial charge < -0.3 is 10.6 Å². The molecule has 0 aliphatic carbocycles. The first-order chi connectivity index (χ1) is 11.6. The minimum Gasteiger partial charge on any atom is -0.347 e. The average molecular weight is 324 g/mol. The Labute approximate surface area is 139 Å². The van der Waals surface area contributed by atoms with E-state index in [2.05, 4.69) is 20.8 Å². The van der Waals surface area contributed by atoms with Crippen molar-refractivity contribution in [2.45, 2.75) is 19.5 Å². The second-order valence-electron chi connectivity index (χ2n) is 6.20. The van der Waals surface area contributed by atoms with Gasteiger partial charge in [-0.1, -0.05) is 12.1 Å². The fourth-order valence-electron chi connectivity index (χ4n) is 3.28. The molecule has 1 amide bonds. The Morgan fingerprint density at radius 3 is 3.08 bits per heavy atom.